The van der Waals surface area contributed by atoms with Crippen LogP contribution in [0.25, 0.3) is 0 Å². The van der Waals surface area contributed by atoms with E-state index in [9.17, 15) is 0 Å². The van der Waals surface area contributed by atoms with Crippen LogP contribution in [0.15, 0.2) is 52.3 Å². The molecule has 15 heavy (non-hydrogen) atoms. The van der Waals surface area contributed by atoms with Crippen LogP contribution in [0.3, 0.4) is 0 Å². The van der Waals surface area contributed by atoms with Crippen molar-refractivity contribution in [3.8, 4) is 0 Å². The normalized spacial score (nSPS) is 11.7. The van der Waals surface area contributed by atoms with Gasteiger partial charge in [0.25, 0.3) is 0 Å². The third-order valence-corrected chi connectivity index (χ3v) is 3.34. The second kappa shape index (κ2) is 4.40. The molecule has 75 valence electrons. The van der Waals surface area contributed by atoms with Crippen LogP contribution in [0.2, 0.25) is 0 Å². The minimum atomic E-state index is 0. The number of hydrogen-bond acceptors (Lipinski definition) is 2. The Labute approximate surface area is 107 Å². The summed E-state index contributed by atoms with van der Waals surface area (Å²) in [5.41, 5.74) is 2.36. The number of benzene rings is 2. The van der Waals surface area contributed by atoms with Gasteiger partial charge in [-0.05, 0) is 12.1 Å². The quantitative estimate of drug-likeness (QED) is 0.594. The molecule has 0 bridgehead atoms. The molecule has 0 aliphatic carbocycles. The molecule has 3 heteroatoms. The van der Waals surface area contributed by atoms with Gasteiger partial charge >= 0.3 is 0 Å². The van der Waals surface area contributed by atoms with Crippen LogP contribution in [0.5, 0.6) is 0 Å². The molecule has 1 radical (unpaired) electrons. The van der Waals surface area contributed by atoms with E-state index in [-0.39, 0.29) is 20.4 Å². The summed E-state index contributed by atoms with van der Waals surface area (Å²) >= 11 is 1.79. The standard InChI is InChI=1S/C12H8NS.Re/c1-3-7-11-9(5-1)13-10-6-2-4-8-12(10)14-11;/h1-3,5-8,13H;/q-1;. The summed E-state index contributed by atoms with van der Waals surface area (Å²) in [4.78, 5) is 2.52. The van der Waals surface area contributed by atoms with Crippen molar-refractivity contribution in [1.82, 2.24) is 0 Å². The molecule has 1 aliphatic rings. The molecular weight excluding hydrogens is 376 g/mol. The van der Waals surface area contributed by atoms with E-state index >= 15 is 0 Å². The van der Waals surface area contributed by atoms with E-state index in [0.717, 1.165) is 0 Å². The number of nitrogens with one attached hydrogen (secondary N) is 1. The van der Waals surface area contributed by atoms with Crippen LogP contribution >= 0.6 is 11.8 Å². The van der Waals surface area contributed by atoms with Gasteiger partial charge in [-0.1, -0.05) is 22.7 Å². The van der Waals surface area contributed by atoms with E-state index in [0.29, 0.717) is 0 Å². The van der Waals surface area contributed by atoms with Crippen LogP contribution in [-0.4, -0.2) is 0 Å². The minimum absolute atomic E-state index is 0. The Balaban J connectivity index is 0.000000853. The zero-order valence-corrected chi connectivity index (χ0v) is 11.4. The van der Waals surface area contributed by atoms with Crippen molar-refractivity contribution in [2.45, 2.75) is 9.79 Å². The fourth-order valence-electron chi connectivity index (χ4n) is 1.53. The number of rotatable bonds is 0. The Morgan fingerprint density at radius 2 is 1.80 bits per heavy atom. The van der Waals surface area contributed by atoms with Crippen LogP contribution < -0.4 is 5.32 Å². The number of anilines is 2. The van der Waals surface area contributed by atoms with E-state index in [2.05, 4.69) is 35.6 Å². The first-order valence-electron chi connectivity index (χ1n) is 4.47. The van der Waals surface area contributed by atoms with Gasteiger partial charge in [-0.25, -0.2) is 0 Å². The van der Waals surface area contributed by atoms with Crippen molar-refractivity contribution in [1.29, 1.82) is 0 Å². The summed E-state index contributed by atoms with van der Waals surface area (Å²) in [7, 11) is 0. The van der Waals surface area contributed by atoms with Gasteiger partial charge in [0.1, 0.15) is 0 Å². The first-order chi connectivity index (χ1) is 6.93. The third kappa shape index (κ3) is 1.96. The zero-order chi connectivity index (χ0) is 9.38. The maximum absolute atomic E-state index is 3.40. The second-order valence-electron chi connectivity index (χ2n) is 3.15. The Bertz CT molecular complexity index is 397. The predicted molar refractivity (Wildman–Crippen MR) is 59.1 cm³/mol. The number of fused-ring (bicyclic) bond motifs is 2. The fourth-order valence-corrected chi connectivity index (χ4v) is 2.49. The molecule has 0 aromatic heterocycles. The van der Waals surface area contributed by atoms with Gasteiger partial charge in [-0.3, -0.25) is 0 Å². The second-order valence-corrected chi connectivity index (χ2v) is 4.23. The molecule has 0 unspecified atom stereocenters. The molecule has 0 saturated carbocycles. The summed E-state index contributed by atoms with van der Waals surface area (Å²) in [6.45, 7) is 0. The Kier molecular flexibility index (Phi) is 3.16. The van der Waals surface area contributed by atoms with Crippen LogP contribution in [0.4, 0.5) is 11.4 Å². The van der Waals surface area contributed by atoms with Gasteiger partial charge in [0.15, 0.2) is 0 Å². The third-order valence-electron chi connectivity index (χ3n) is 2.20. The summed E-state index contributed by atoms with van der Waals surface area (Å²) in [6.07, 6.45) is 0. The predicted octanol–water partition coefficient (Wildman–Crippen LogP) is 3.69. The Morgan fingerprint density at radius 1 is 1.00 bits per heavy atom. The SMILES string of the molecule is [Re].[c-]1ccc2c(c1)Sc1ccccc1N2. The largest absolute Gasteiger partial charge is 0.376 e. The first kappa shape index (κ1) is 10.8. The van der Waals surface area contributed by atoms with E-state index in [1.807, 2.05) is 18.2 Å². The van der Waals surface area contributed by atoms with E-state index in [4.69, 9.17) is 0 Å². The van der Waals surface area contributed by atoms with Crippen LogP contribution in [-0.2, 0) is 20.4 Å². The van der Waals surface area contributed by atoms with Crippen molar-refractivity contribution in [3.05, 3.63) is 48.5 Å². The number of para-hydroxylation sites is 1. The summed E-state index contributed by atoms with van der Waals surface area (Å²) in [6, 6.07) is 17.4. The van der Waals surface area contributed by atoms with E-state index < -0.39 is 0 Å². The first-order valence-corrected chi connectivity index (χ1v) is 5.29. The van der Waals surface area contributed by atoms with Gasteiger partial charge in [0.05, 0.1) is 0 Å². The van der Waals surface area contributed by atoms with Gasteiger partial charge in [0, 0.05) is 31.0 Å². The molecular formula is C12H8NReS-. The molecule has 0 spiro atoms. The molecule has 3 rings (SSSR count). The van der Waals surface area contributed by atoms with Gasteiger partial charge < -0.3 is 5.32 Å². The average molecular weight is 384 g/mol. The van der Waals surface area contributed by atoms with Crippen molar-refractivity contribution < 1.29 is 20.4 Å². The molecule has 0 saturated heterocycles. The van der Waals surface area contributed by atoms with Crippen molar-refractivity contribution in [2.24, 2.45) is 0 Å². The molecule has 1 nitrogen and oxygen atoms in total. The van der Waals surface area contributed by atoms with Gasteiger partial charge in [0.2, 0.25) is 0 Å². The molecule has 1 N–H and O–H groups in total. The summed E-state index contributed by atoms with van der Waals surface area (Å²) in [5.74, 6) is 0. The molecule has 1 aliphatic heterocycles. The molecule has 0 atom stereocenters. The zero-order valence-electron chi connectivity index (χ0n) is 7.83. The van der Waals surface area contributed by atoms with Crippen LogP contribution in [0.1, 0.15) is 0 Å². The smallest absolute Gasteiger partial charge is 0.0498 e. The monoisotopic (exact) mass is 385 g/mol. The summed E-state index contributed by atoms with van der Waals surface area (Å²) in [5, 5.41) is 3.40. The fraction of sp³-hybridized carbons (Fsp3) is 0. The van der Waals surface area contributed by atoms with Crippen molar-refractivity contribution in [2.75, 3.05) is 5.32 Å². The van der Waals surface area contributed by atoms with Crippen molar-refractivity contribution in [3.63, 3.8) is 0 Å². The van der Waals surface area contributed by atoms with Crippen LogP contribution in [0, 0.1) is 6.07 Å². The maximum atomic E-state index is 3.40. The number of hydrogen-bond donors (Lipinski definition) is 1. The van der Waals surface area contributed by atoms with Gasteiger partial charge in [-0.15, -0.1) is 6.07 Å². The molecule has 2 aromatic rings. The molecule has 0 amide bonds. The Hall–Kier alpha value is -0.748. The van der Waals surface area contributed by atoms with E-state index in [1.54, 1.807) is 11.8 Å². The molecule has 0 fully saturated rings. The minimum Gasteiger partial charge on any atom is -0.376 e. The van der Waals surface area contributed by atoms with Crippen molar-refractivity contribution >= 4 is 23.1 Å². The Morgan fingerprint density at radius 3 is 2.73 bits per heavy atom. The average Bonchev–Trinajstić information content (AvgIpc) is 2.26. The molecule has 1 heterocycles. The van der Waals surface area contributed by atoms with Gasteiger partial charge in [-0.2, -0.15) is 30.0 Å². The topological polar surface area (TPSA) is 12.0 Å². The summed E-state index contributed by atoms with van der Waals surface area (Å²) < 4.78 is 0. The van der Waals surface area contributed by atoms with E-state index in [1.165, 1.54) is 21.2 Å². The maximum Gasteiger partial charge on any atom is 0.0498 e. The molecule has 2 aromatic carbocycles.